The second-order valence-corrected chi connectivity index (χ2v) is 7.30. The minimum Gasteiger partial charge on any atom is -0.487 e. The van der Waals surface area contributed by atoms with Crippen molar-refractivity contribution in [1.29, 1.82) is 0 Å². The maximum atomic E-state index is 12.1. The molecule has 1 saturated heterocycles. The van der Waals surface area contributed by atoms with Crippen LogP contribution in [-0.4, -0.2) is 22.6 Å². The van der Waals surface area contributed by atoms with E-state index in [4.69, 9.17) is 27.9 Å². The fourth-order valence-corrected chi connectivity index (χ4v) is 3.76. The summed E-state index contributed by atoms with van der Waals surface area (Å²) >= 11 is 13.3. The van der Waals surface area contributed by atoms with Gasteiger partial charge >= 0.3 is 0 Å². The molecule has 0 aliphatic carbocycles. The number of carbonyl (C=O) groups is 2. The van der Waals surface area contributed by atoms with E-state index in [1.165, 1.54) is 4.90 Å². The number of halogens is 2. The Bertz CT molecular complexity index is 898. The molecule has 2 aromatic carbocycles. The zero-order valence-corrected chi connectivity index (χ0v) is 16.2. The first-order chi connectivity index (χ1) is 12.5. The molecule has 4 nitrogen and oxygen atoms in total. The Morgan fingerprint density at radius 1 is 1.12 bits per heavy atom. The van der Waals surface area contributed by atoms with Gasteiger partial charge in [-0.2, -0.15) is 0 Å². The van der Waals surface area contributed by atoms with Gasteiger partial charge < -0.3 is 4.74 Å². The number of hydrogen-bond acceptors (Lipinski definition) is 4. The average Bonchev–Trinajstić information content (AvgIpc) is 2.88. The molecule has 3 rings (SSSR count). The first-order valence-electron chi connectivity index (χ1n) is 7.90. The van der Waals surface area contributed by atoms with Gasteiger partial charge in [0.05, 0.1) is 9.93 Å². The van der Waals surface area contributed by atoms with E-state index in [1.54, 1.807) is 37.3 Å². The molecule has 0 N–H and O–H groups in total. The van der Waals surface area contributed by atoms with Crippen molar-refractivity contribution >= 4 is 52.2 Å². The number of imide groups is 1. The standard InChI is InChI=1S/C19H15Cl2NO3S/c1-2-22-18(23)17(26-19(22)24)10-12-7-8-16(15(21)9-12)25-11-13-5-3-4-6-14(13)20/h3-10H,2,11H2,1H3. The highest BCUT2D eigenvalue weighted by Crippen LogP contribution is 2.33. The summed E-state index contributed by atoms with van der Waals surface area (Å²) < 4.78 is 5.73. The van der Waals surface area contributed by atoms with Crippen LogP contribution in [0.25, 0.3) is 6.08 Å². The molecule has 1 aliphatic heterocycles. The van der Waals surface area contributed by atoms with Crippen LogP contribution in [-0.2, 0) is 11.4 Å². The number of benzene rings is 2. The number of nitrogens with zero attached hydrogens (tertiary/aromatic N) is 1. The summed E-state index contributed by atoms with van der Waals surface area (Å²) in [6.07, 6.45) is 1.66. The molecule has 1 aliphatic rings. The minimum absolute atomic E-state index is 0.255. The molecule has 2 aromatic rings. The van der Waals surface area contributed by atoms with Crippen LogP contribution in [0.5, 0.6) is 5.75 Å². The third-order valence-corrected chi connectivity index (χ3v) is 5.36. The number of amides is 2. The summed E-state index contributed by atoms with van der Waals surface area (Å²) in [6.45, 7) is 2.42. The Labute approximate surface area is 165 Å². The van der Waals surface area contributed by atoms with E-state index in [-0.39, 0.29) is 11.1 Å². The van der Waals surface area contributed by atoms with E-state index >= 15 is 0 Å². The van der Waals surface area contributed by atoms with Crippen molar-refractivity contribution in [3.05, 3.63) is 68.5 Å². The quantitative estimate of drug-likeness (QED) is 0.602. The maximum absolute atomic E-state index is 12.1. The normalized spacial score (nSPS) is 15.8. The van der Waals surface area contributed by atoms with Crippen LogP contribution in [0, 0.1) is 0 Å². The lowest BCUT2D eigenvalue weighted by atomic mass is 10.2. The molecule has 0 bridgehead atoms. The van der Waals surface area contributed by atoms with Gasteiger partial charge in [0, 0.05) is 17.1 Å². The van der Waals surface area contributed by atoms with E-state index in [0.717, 1.165) is 22.9 Å². The lowest BCUT2D eigenvalue weighted by Gasteiger charge is -2.10. The Hall–Kier alpha value is -1.95. The van der Waals surface area contributed by atoms with Crippen LogP contribution in [0.4, 0.5) is 4.79 Å². The SMILES string of the molecule is CCN1C(=O)SC(=Cc2ccc(OCc3ccccc3Cl)c(Cl)c2)C1=O. The Balaban J connectivity index is 1.74. The molecule has 0 spiro atoms. The smallest absolute Gasteiger partial charge is 0.293 e. The molecule has 1 fully saturated rings. The predicted octanol–water partition coefficient (Wildman–Crippen LogP) is 5.63. The summed E-state index contributed by atoms with van der Waals surface area (Å²) in [4.78, 5) is 25.5. The largest absolute Gasteiger partial charge is 0.487 e. The zero-order valence-electron chi connectivity index (χ0n) is 13.9. The van der Waals surface area contributed by atoms with Crippen molar-refractivity contribution in [2.45, 2.75) is 13.5 Å². The van der Waals surface area contributed by atoms with Crippen LogP contribution >= 0.6 is 35.0 Å². The molecule has 0 unspecified atom stereocenters. The monoisotopic (exact) mass is 407 g/mol. The van der Waals surface area contributed by atoms with Crippen LogP contribution in [0.1, 0.15) is 18.1 Å². The fraction of sp³-hybridized carbons (Fsp3) is 0.158. The number of ether oxygens (including phenoxy) is 1. The molecule has 7 heteroatoms. The molecule has 134 valence electrons. The van der Waals surface area contributed by atoms with Gasteiger partial charge in [0.2, 0.25) is 0 Å². The van der Waals surface area contributed by atoms with Gasteiger partial charge in [-0.15, -0.1) is 0 Å². The van der Waals surface area contributed by atoms with Crippen LogP contribution < -0.4 is 4.74 Å². The number of carbonyl (C=O) groups excluding carboxylic acids is 2. The van der Waals surface area contributed by atoms with Gasteiger partial charge in [-0.25, -0.2) is 0 Å². The van der Waals surface area contributed by atoms with E-state index in [9.17, 15) is 9.59 Å². The third kappa shape index (κ3) is 4.06. The van der Waals surface area contributed by atoms with Crippen molar-refractivity contribution in [1.82, 2.24) is 4.90 Å². The molecular weight excluding hydrogens is 393 g/mol. The zero-order chi connectivity index (χ0) is 18.7. The van der Waals surface area contributed by atoms with Gasteiger partial charge in [0.25, 0.3) is 11.1 Å². The van der Waals surface area contributed by atoms with Gasteiger partial charge in [0.15, 0.2) is 0 Å². The van der Waals surface area contributed by atoms with Crippen molar-refractivity contribution in [3.8, 4) is 5.75 Å². The summed E-state index contributed by atoms with van der Waals surface area (Å²) in [5.74, 6) is 0.239. The van der Waals surface area contributed by atoms with E-state index in [2.05, 4.69) is 0 Å². The third-order valence-electron chi connectivity index (χ3n) is 3.78. The van der Waals surface area contributed by atoms with Crippen molar-refractivity contribution in [2.75, 3.05) is 6.54 Å². The molecule has 26 heavy (non-hydrogen) atoms. The van der Waals surface area contributed by atoms with E-state index < -0.39 is 0 Å². The molecule has 2 amide bonds. The second-order valence-electron chi connectivity index (χ2n) is 5.50. The highest BCUT2D eigenvalue weighted by atomic mass is 35.5. The number of thioether (sulfide) groups is 1. The Morgan fingerprint density at radius 3 is 2.54 bits per heavy atom. The Kier molecular flexibility index (Phi) is 5.91. The lowest BCUT2D eigenvalue weighted by Crippen LogP contribution is -2.27. The first-order valence-corrected chi connectivity index (χ1v) is 9.48. The van der Waals surface area contributed by atoms with Crippen molar-refractivity contribution < 1.29 is 14.3 Å². The molecule has 0 radical (unpaired) electrons. The van der Waals surface area contributed by atoms with Crippen LogP contribution in [0.3, 0.4) is 0 Å². The van der Waals surface area contributed by atoms with E-state index in [1.807, 2.05) is 18.2 Å². The summed E-state index contributed by atoms with van der Waals surface area (Å²) in [5.41, 5.74) is 1.59. The molecular formula is C19H15Cl2NO3S. The summed E-state index contributed by atoms with van der Waals surface area (Å²) in [6, 6.07) is 12.6. The predicted molar refractivity (Wildman–Crippen MR) is 106 cm³/mol. The Morgan fingerprint density at radius 2 is 1.88 bits per heavy atom. The topological polar surface area (TPSA) is 46.6 Å². The van der Waals surface area contributed by atoms with Gasteiger partial charge in [0.1, 0.15) is 12.4 Å². The molecule has 1 heterocycles. The van der Waals surface area contributed by atoms with Crippen LogP contribution in [0.15, 0.2) is 47.4 Å². The average molecular weight is 408 g/mol. The number of likely N-dealkylation sites (N-methyl/N-ethyl adjacent to an activating group) is 1. The van der Waals surface area contributed by atoms with Gasteiger partial charge in [-0.3, -0.25) is 14.5 Å². The summed E-state index contributed by atoms with van der Waals surface area (Å²) in [5, 5.41) is 0.793. The molecule has 0 atom stereocenters. The van der Waals surface area contributed by atoms with E-state index in [0.29, 0.717) is 33.9 Å². The lowest BCUT2D eigenvalue weighted by molar-refractivity contribution is -0.122. The first kappa shape index (κ1) is 18.8. The molecule has 0 aromatic heterocycles. The highest BCUT2D eigenvalue weighted by molar-refractivity contribution is 8.18. The van der Waals surface area contributed by atoms with Crippen molar-refractivity contribution in [3.63, 3.8) is 0 Å². The van der Waals surface area contributed by atoms with Gasteiger partial charge in [-0.05, 0) is 48.5 Å². The number of rotatable bonds is 5. The van der Waals surface area contributed by atoms with Gasteiger partial charge in [-0.1, -0.05) is 47.5 Å². The second kappa shape index (κ2) is 8.16. The maximum Gasteiger partial charge on any atom is 0.293 e. The van der Waals surface area contributed by atoms with Crippen molar-refractivity contribution in [2.24, 2.45) is 0 Å². The fourth-order valence-electron chi connectivity index (χ4n) is 2.42. The summed E-state index contributed by atoms with van der Waals surface area (Å²) in [7, 11) is 0. The van der Waals surface area contributed by atoms with Crippen LogP contribution in [0.2, 0.25) is 10.0 Å². The molecule has 0 saturated carbocycles. The number of hydrogen-bond donors (Lipinski definition) is 0. The minimum atomic E-state index is -0.280. The highest BCUT2D eigenvalue weighted by Gasteiger charge is 2.33.